The number of benzene rings is 1. The minimum Gasteiger partial charge on any atom is -0.326 e. The van der Waals surface area contributed by atoms with Crippen LogP contribution >= 0.6 is 0 Å². The van der Waals surface area contributed by atoms with Crippen molar-refractivity contribution in [1.29, 1.82) is 0 Å². The second-order valence-corrected chi connectivity index (χ2v) is 7.49. The monoisotopic (exact) mass is 331 g/mol. The predicted octanol–water partition coefficient (Wildman–Crippen LogP) is 3.49. The minimum absolute atomic E-state index is 0.0138. The third-order valence-electron chi connectivity index (χ3n) is 4.19. The minimum atomic E-state index is -0.451. The SMILES string of the molecule is CC(C)(C)C(=O)Nc1cccc(NC(=O)CCN2CCCCC2)c1. The van der Waals surface area contributed by atoms with Crippen LogP contribution in [0.3, 0.4) is 0 Å². The summed E-state index contributed by atoms with van der Waals surface area (Å²) >= 11 is 0. The van der Waals surface area contributed by atoms with Gasteiger partial charge in [0.1, 0.15) is 0 Å². The number of nitrogens with one attached hydrogen (secondary N) is 2. The number of anilines is 2. The van der Waals surface area contributed by atoms with Gasteiger partial charge in [0.15, 0.2) is 0 Å². The first-order valence-corrected chi connectivity index (χ1v) is 8.78. The smallest absolute Gasteiger partial charge is 0.229 e. The molecule has 1 aliphatic rings. The van der Waals surface area contributed by atoms with Crippen molar-refractivity contribution in [2.45, 2.75) is 46.5 Å². The molecular weight excluding hydrogens is 302 g/mol. The van der Waals surface area contributed by atoms with Crippen molar-refractivity contribution in [2.75, 3.05) is 30.3 Å². The zero-order valence-corrected chi connectivity index (χ0v) is 15.0. The van der Waals surface area contributed by atoms with E-state index in [2.05, 4.69) is 15.5 Å². The first-order chi connectivity index (χ1) is 11.3. The molecule has 1 saturated heterocycles. The molecule has 2 amide bonds. The maximum absolute atomic E-state index is 12.1. The number of amides is 2. The highest BCUT2D eigenvalue weighted by Gasteiger charge is 2.21. The Hall–Kier alpha value is -1.88. The maximum atomic E-state index is 12.1. The van der Waals surface area contributed by atoms with Crippen molar-refractivity contribution in [3.05, 3.63) is 24.3 Å². The van der Waals surface area contributed by atoms with Crippen LogP contribution in [0.2, 0.25) is 0 Å². The summed E-state index contributed by atoms with van der Waals surface area (Å²) in [5.74, 6) is -0.0315. The summed E-state index contributed by atoms with van der Waals surface area (Å²) in [7, 11) is 0. The van der Waals surface area contributed by atoms with E-state index in [9.17, 15) is 9.59 Å². The molecule has 0 radical (unpaired) electrons. The Morgan fingerprint density at radius 2 is 1.67 bits per heavy atom. The van der Waals surface area contributed by atoms with Gasteiger partial charge in [-0.15, -0.1) is 0 Å². The molecule has 1 heterocycles. The molecule has 0 aliphatic carbocycles. The van der Waals surface area contributed by atoms with Crippen LogP contribution in [-0.2, 0) is 9.59 Å². The van der Waals surface area contributed by atoms with Gasteiger partial charge < -0.3 is 15.5 Å². The molecule has 5 nitrogen and oxygen atoms in total. The Balaban J connectivity index is 1.84. The lowest BCUT2D eigenvalue weighted by atomic mass is 9.95. The number of carbonyl (C=O) groups excluding carboxylic acids is 2. The highest BCUT2D eigenvalue weighted by atomic mass is 16.2. The molecule has 0 spiro atoms. The normalized spacial score (nSPS) is 15.8. The van der Waals surface area contributed by atoms with Gasteiger partial charge in [-0.05, 0) is 44.1 Å². The van der Waals surface area contributed by atoms with Crippen molar-refractivity contribution < 1.29 is 9.59 Å². The zero-order valence-electron chi connectivity index (χ0n) is 15.0. The van der Waals surface area contributed by atoms with Gasteiger partial charge in [-0.2, -0.15) is 0 Å². The van der Waals surface area contributed by atoms with E-state index in [1.54, 1.807) is 6.07 Å². The van der Waals surface area contributed by atoms with Crippen LogP contribution in [0.15, 0.2) is 24.3 Å². The fraction of sp³-hybridized carbons (Fsp3) is 0.579. The van der Waals surface area contributed by atoms with Gasteiger partial charge in [0.2, 0.25) is 11.8 Å². The number of nitrogens with zero attached hydrogens (tertiary/aromatic N) is 1. The summed E-state index contributed by atoms with van der Waals surface area (Å²) in [6, 6.07) is 7.29. The second kappa shape index (κ2) is 8.29. The lowest BCUT2D eigenvalue weighted by Gasteiger charge is -2.25. The average Bonchev–Trinajstić information content (AvgIpc) is 2.53. The van der Waals surface area contributed by atoms with Gasteiger partial charge in [-0.25, -0.2) is 0 Å². The third-order valence-corrected chi connectivity index (χ3v) is 4.19. The molecule has 5 heteroatoms. The van der Waals surface area contributed by atoms with E-state index in [4.69, 9.17) is 0 Å². The largest absolute Gasteiger partial charge is 0.326 e. The van der Waals surface area contributed by atoms with Gasteiger partial charge in [0.05, 0.1) is 0 Å². The van der Waals surface area contributed by atoms with Crippen LogP contribution in [0.25, 0.3) is 0 Å². The van der Waals surface area contributed by atoms with Gasteiger partial charge in [0.25, 0.3) is 0 Å². The fourth-order valence-electron chi connectivity index (χ4n) is 2.66. The van der Waals surface area contributed by atoms with E-state index in [1.165, 1.54) is 19.3 Å². The van der Waals surface area contributed by atoms with E-state index in [0.717, 1.165) is 19.6 Å². The predicted molar refractivity (Wildman–Crippen MR) is 98.1 cm³/mol. The lowest BCUT2D eigenvalue weighted by molar-refractivity contribution is -0.123. The van der Waals surface area contributed by atoms with Gasteiger partial charge in [0, 0.05) is 29.8 Å². The Labute approximate surface area is 144 Å². The van der Waals surface area contributed by atoms with Crippen LogP contribution in [0.1, 0.15) is 46.5 Å². The van der Waals surface area contributed by atoms with Gasteiger partial charge in [-0.3, -0.25) is 9.59 Å². The molecule has 0 aromatic heterocycles. The molecule has 0 atom stereocenters. The fourth-order valence-corrected chi connectivity index (χ4v) is 2.66. The van der Waals surface area contributed by atoms with Gasteiger partial charge >= 0.3 is 0 Å². The van der Waals surface area contributed by atoms with Crippen LogP contribution in [-0.4, -0.2) is 36.3 Å². The number of likely N-dealkylation sites (tertiary alicyclic amines) is 1. The molecule has 2 rings (SSSR count). The Morgan fingerprint density at radius 3 is 2.29 bits per heavy atom. The molecule has 24 heavy (non-hydrogen) atoms. The third kappa shape index (κ3) is 5.96. The zero-order chi connectivity index (χ0) is 17.6. The number of hydrogen-bond donors (Lipinski definition) is 2. The van der Waals surface area contributed by atoms with E-state index >= 15 is 0 Å². The first-order valence-electron chi connectivity index (χ1n) is 8.78. The summed E-state index contributed by atoms with van der Waals surface area (Å²) < 4.78 is 0. The number of hydrogen-bond acceptors (Lipinski definition) is 3. The summed E-state index contributed by atoms with van der Waals surface area (Å²) in [4.78, 5) is 26.5. The van der Waals surface area contributed by atoms with E-state index in [0.29, 0.717) is 17.8 Å². The van der Waals surface area contributed by atoms with Crippen molar-refractivity contribution in [2.24, 2.45) is 5.41 Å². The molecule has 0 saturated carbocycles. The summed E-state index contributed by atoms with van der Waals surface area (Å²) in [5.41, 5.74) is 0.961. The summed E-state index contributed by atoms with van der Waals surface area (Å²) in [6.45, 7) is 8.62. The van der Waals surface area contributed by atoms with Crippen LogP contribution in [0, 0.1) is 5.41 Å². The number of rotatable bonds is 5. The number of piperidine rings is 1. The van der Waals surface area contributed by atoms with Crippen LogP contribution in [0.4, 0.5) is 11.4 Å². The van der Waals surface area contributed by atoms with Crippen molar-refractivity contribution in [1.82, 2.24) is 4.90 Å². The second-order valence-electron chi connectivity index (χ2n) is 7.49. The van der Waals surface area contributed by atoms with Crippen molar-refractivity contribution in [3.8, 4) is 0 Å². The highest BCUT2D eigenvalue weighted by molar-refractivity contribution is 5.96. The summed E-state index contributed by atoms with van der Waals surface area (Å²) in [5, 5.41) is 5.80. The van der Waals surface area contributed by atoms with E-state index < -0.39 is 5.41 Å². The standard InChI is InChI=1S/C19H29N3O2/c1-19(2,3)18(24)21-16-9-7-8-15(14-16)20-17(23)10-13-22-11-5-4-6-12-22/h7-9,14H,4-6,10-13H2,1-3H3,(H,20,23)(H,21,24). The number of carbonyl (C=O) groups is 2. The lowest BCUT2D eigenvalue weighted by Crippen LogP contribution is -2.32. The first kappa shape index (κ1) is 18.5. The summed E-state index contributed by atoms with van der Waals surface area (Å²) in [6.07, 6.45) is 4.27. The molecule has 0 unspecified atom stereocenters. The quantitative estimate of drug-likeness (QED) is 0.868. The Bertz CT molecular complexity index is 572. The molecule has 1 aromatic rings. The van der Waals surface area contributed by atoms with Crippen LogP contribution < -0.4 is 10.6 Å². The molecule has 132 valence electrons. The average molecular weight is 331 g/mol. The van der Waals surface area contributed by atoms with E-state index in [-0.39, 0.29) is 11.8 Å². The van der Waals surface area contributed by atoms with Crippen molar-refractivity contribution in [3.63, 3.8) is 0 Å². The van der Waals surface area contributed by atoms with E-state index in [1.807, 2.05) is 39.0 Å². The molecule has 0 bridgehead atoms. The Morgan fingerprint density at radius 1 is 1.04 bits per heavy atom. The van der Waals surface area contributed by atoms with Crippen LogP contribution in [0.5, 0.6) is 0 Å². The molecular formula is C19H29N3O2. The Kier molecular flexibility index (Phi) is 6.37. The van der Waals surface area contributed by atoms with Gasteiger partial charge in [-0.1, -0.05) is 33.3 Å². The molecule has 1 aromatic carbocycles. The topological polar surface area (TPSA) is 61.4 Å². The highest BCUT2D eigenvalue weighted by Crippen LogP contribution is 2.20. The molecule has 1 aliphatic heterocycles. The molecule has 1 fully saturated rings. The maximum Gasteiger partial charge on any atom is 0.229 e. The molecule has 2 N–H and O–H groups in total. The van der Waals surface area contributed by atoms with Crippen molar-refractivity contribution >= 4 is 23.2 Å².